The van der Waals surface area contributed by atoms with E-state index >= 15 is 0 Å². The van der Waals surface area contributed by atoms with Crippen LogP contribution in [0.15, 0.2) is 24.3 Å². The molecule has 1 aliphatic rings. The minimum atomic E-state index is -0.601. The van der Waals surface area contributed by atoms with E-state index in [9.17, 15) is 9.59 Å². The standard InChI is InChI=1S/C18H25ClN2O5/c1-14(26-16-5-3-15(19)4-6-16)18(23)21-9-7-20(8-10-21)17(22)13-25-12-11-24-2/h3-6,14H,7-13H2,1-2H3. The molecule has 1 unspecified atom stereocenters. The molecule has 8 heteroatoms. The Balaban J connectivity index is 1.74. The third-order valence-corrected chi connectivity index (χ3v) is 4.33. The average Bonchev–Trinajstić information content (AvgIpc) is 2.66. The van der Waals surface area contributed by atoms with Gasteiger partial charge in [-0.05, 0) is 31.2 Å². The fourth-order valence-corrected chi connectivity index (χ4v) is 2.72. The summed E-state index contributed by atoms with van der Waals surface area (Å²) in [7, 11) is 1.58. The number of benzene rings is 1. The third kappa shape index (κ3) is 6.16. The van der Waals surface area contributed by atoms with Crippen LogP contribution in [0, 0.1) is 0 Å². The zero-order valence-electron chi connectivity index (χ0n) is 15.2. The number of carbonyl (C=O) groups excluding carboxylic acids is 2. The number of rotatable bonds is 8. The van der Waals surface area contributed by atoms with Crippen molar-refractivity contribution in [3.63, 3.8) is 0 Å². The monoisotopic (exact) mass is 384 g/mol. The number of hydrogen-bond donors (Lipinski definition) is 0. The van der Waals surface area contributed by atoms with Crippen LogP contribution in [0.1, 0.15) is 6.92 Å². The van der Waals surface area contributed by atoms with Crippen LogP contribution < -0.4 is 4.74 Å². The Bertz CT molecular complexity index is 588. The number of nitrogens with zero attached hydrogens (tertiary/aromatic N) is 2. The fourth-order valence-electron chi connectivity index (χ4n) is 2.59. The summed E-state index contributed by atoms with van der Waals surface area (Å²) in [5.41, 5.74) is 0. The number of methoxy groups -OCH3 is 1. The summed E-state index contributed by atoms with van der Waals surface area (Å²) in [6, 6.07) is 6.89. The summed E-state index contributed by atoms with van der Waals surface area (Å²) < 4.78 is 15.8. The van der Waals surface area contributed by atoms with E-state index in [-0.39, 0.29) is 18.4 Å². The molecule has 26 heavy (non-hydrogen) atoms. The Labute approximate surface area is 158 Å². The van der Waals surface area contributed by atoms with Crippen LogP contribution in [0.3, 0.4) is 0 Å². The molecule has 0 radical (unpaired) electrons. The zero-order chi connectivity index (χ0) is 18.9. The van der Waals surface area contributed by atoms with Gasteiger partial charge in [-0.15, -0.1) is 0 Å². The van der Waals surface area contributed by atoms with Crippen molar-refractivity contribution in [2.45, 2.75) is 13.0 Å². The predicted molar refractivity (Wildman–Crippen MR) is 97.4 cm³/mol. The van der Waals surface area contributed by atoms with E-state index in [1.807, 2.05) is 0 Å². The Morgan fingerprint density at radius 3 is 2.31 bits per heavy atom. The summed E-state index contributed by atoms with van der Waals surface area (Å²) in [6.07, 6.45) is -0.601. The highest BCUT2D eigenvalue weighted by molar-refractivity contribution is 6.30. The van der Waals surface area contributed by atoms with Crippen LogP contribution in [-0.2, 0) is 19.1 Å². The van der Waals surface area contributed by atoms with Gasteiger partial charge >= 0.3 is 0 Å². The summed E-state index contributed by atoms with van der Waals surface area (Å²) in [4.78, 5) is 28.0. The van der Waals surface area contributed by atoms with Crippen molar-refractivity contribution in [1.29, 1.82) is 0 Å². The maximum atomic E-state index is 12.5. The maximum Gasteiger partial charge on any atom is 0.263 e. The molecule has 1 aromatic rings. The van der Waals surface area contributed by atoms with E-state index in [4.69, 9.17) is 25.8 Å². The highest BCUT2D eigenvalue weighted by Gasteiger charge is 2.27. The molecule has 0 spiro atoms. The van der Waals surface area contributed by atoms with Gasteiger partial charge in [0.05, 0.1) is 13.2 Å². The van der Waals surface area contributed by atoms with E-state index in [0.29, 0.717) is 50.2 Å². The lowest BCUT2D eigenvalue weighted by molar-refractivity contribution is -0.145. The second-order valence-corrected chi connectivity index (χ2v) is 6.40. The van der Waals surface area contributed by atoms with Crippen LogP contribution in [0.25, 0.3) is 0 Å². The molecule has 0 saturated carbocycles. The molecule has 1 atom stereocenters. The lowest BCUT2D eigenvalue weighted by Crippen LogP contribution is -2.53. The molecule has 1 aromatic carbocycles. The average molecular weight is 385 g/mol. The van der Waals surface area contributed by atoms with Crippen molar-refractivity contribution in [3.8, 4) is 5.75 Å². The number of ether oxygens (including phenoxy) is 3. The number of piperazine rings is 1. The SMILES string of the molecule is COCCOCC(=O)N1CCN(C(=O)C(C)Oc2ccc(Cl)cc2)CC1. The second kappa shape index (κ2) is 10.4. The van der Waals surface area contributed by atoms with Crippen LogP contribution in [-0.4, -0.2) is 80.8 Å². The lowest BCUT2D eigenvalue weighted by Gasteiger charge is -2.35. The van der Waals surface area contributed by atoms with Crippen molar-refractivity contribution >= 4 is 23.4 Å². The van der Waals surface area contributed by atoms with E-state index in [2.05, 4.69) is 0 Å². The van der Waals surface area contributed by atoms with E-state index in [1.54, 1.807) is 48.1 Å². The molecule has 0 aromatic heterocycles. The molecule has 1 heterocycles. The van der Waals surface area contributed by atoms with Gasteiger partial charge in [0.25, 0.3) is 5.91 Å². The fraction of sp³-hybridized carbons (Fsp3) is 0.556. The van der Waals surface area contributed by atoms with Crippen LogP contribution in [0.2, 0.25) is 5.02 Å². The van der Waals surface area contributed by atoms with E-state index in [0.717, 1.165) is 0 Å². The zero-order valence-corrected chi connectivity index (χ0v) is 15.9. The Hall–Kier alpha value is -1.83. The molecule has 2 amide bonds. The molecule has 1 saturated heterocycles. The van der Waals surface area contributed by atoms with Gasteiger partial charge in [0, 0.05) is 38.3 Å². The van der Waals surface area contributed by atoms with Gasteiger partial charge in [-0.2, -0.15) is 0 Å². The number of amides is 2. The topological polar surface area (TPSA) is 68.3 Å². The number of halogens is 1. The molecule has 2 rings (SSSR count). The minimum Gasteiger partial charge on any atom is -0.481 e. The van der Waals surface area contributed by atoms with E-state index < -0.39 is 6.10 Å². The first-order chi connectivity index (χ1) is 12.5. The van der Waals surface area contributed by atoms with Crippen LogP contribution >= 0.6 is 11.6 Å². The smallest absolute Gasteiger partial charge is 0.263 e. The van der Waals surface area contributed by atoms with Crippen LogP contribution in [0.4, 0.5) is 0 Å². The Morgan fingerprint density at radius 1 is 1.08 bits per heavy atom. The van der Waals surface area contributed by atoms with E-state index in [1.165, 1.54) is 0 Å². The molecule has 144 valence electrons. The van der Waals surface area contributed by atoms with Gasteiger partial charge in [0.2, 0.25) is 5.91 Å². The first-order valence-corrected chi connectivity index (χ1v) is 8.94. The summed E-state index contributed by atoms with van der Waals surface area (Å²) in [5.74, 6) is 0.430. The lowest BCUT2D eigenvalue weighted by atomic mass is 10.2. The molecule has 0 N–H and O–H groups in total. The molecular formula is C18H25ClN2O5. The molecule has 0 bridgehead atoms. The highest BCUT2D eigenvalue weighted by Crippen LogP contribution is 2.17. The predicted octanol–water partition coefficient (Wildman–Crippen LogP) is 1.44. The molecular weight excluding hydrogens is 360 g/mol. The molecule has 0 aliphatic carbocycles. The number of carbonyl (C=O) groups is 2. The van der Waals surface area contributed by atoms with Gasteiger partial charge in [-0.25, -0.2) is 0 Å². The van der Waals surface area contributed by atoms with Gasteiger partial charge in [0.15, 0.2) is 6.10 Å². The quantitative estimate of drug-likeness (QED) is 0.634. The van der Waals surface area contributed by atoms with Crippen molar-refractivity contribution in [1.82, 2.24) is 9.80 Å². The third-order valence-electron chi connectivity index (χ3n) is 4.08. The first-order valence-electron chi connectivity index (χ1n) is 8.56. The van der Waals surface area contributed by atoms with Crippen molar-refractivity contribution in [3.05, 3.63) is 29.3 Å². The molecule has 1 fully saturated rings. The second-order valence-electron chi connectivity index (χ2n) is 5.97. The van der Waals surface area contributed by atoms with Crippen molar-refractivity contribution < 1.29 is 23.8 Å². The molecule has 1 aliphatic heterocycles. The molecule has 7 nitrogen and oxygen atoms in total. The van der Waals surface area contributed by atoms with Crippen molar-refractivity contribution in [2.24, 2.45) is 0 Å². The maximum absolute atomic E-state index is 12.5. The van der Waals surface area contributed by atoms with Gasteiger partial charge in [0.1, 0.15) is 12.4 Å². The summed E-state index contributed by atoms with van der Waals surface area (Å²) in [6.45, 7) is 4.55. The largest absolute Gasteiger partial charge is 0.481 e. The van der Waals surface area contributed by atoms with Crippen LogP contribution in [0.5, 0.6) is 5.75 Å². The summed E-state index contributed by atoms with van der Waals surface area (Å²) >= 11 is 5.84. The Kier molecular flexibility index (Phi) is 8.15. The number of hydrogen-bond acceptors (Lipinski definition) is 5. The first kappa shape index (κ1) is 20.5. The Morgan fingerprint density at radius 2 is 1.69 bits per heavy atom. The summed E-state index contributed by atoms with van der Waals surface area (Å²) in [5, 5.41) is 0.614. The van der Waals surface area contributed by atoms with Crippen molar-refractivity contribution in [2.75, 3.05) is 53.1 Å². The minimum absolute atomic E-state index is 0.0351. The van der Waals surface area contributed by atoms with Gasteiger partial charge in [-0.1, -0.05) is 11.6 Å². The normalized spacial score (nSPS) is 15.7. The van der Waals surface area contributed by atoms with Gasteiger partial charge in [-0.3, -0.25) is 9.59 Å². The van der Waals surface area contributed by atoms with Gasteiger partial charge < -0.3 is 24.0 Å². The highest BCUT2D eigenvalue weighted by atomic mass is 35.5.